The summed E-state index contributed by atoms with van der Waals surface area (Å²) in [5.41, 5.74) is 2.23. The molecule has 0 aliphatic heterocycles. The van der Waals surface area contributed by atoms with Crippen LogP contribution in [0.4, 0.5) is 11.4 Å². The van der Waals surface area contributed by atoms with Gasteiger partial charge >= 0.3 is 0 Å². The fourth-order valence-corrected chi connectivity index (χ4v) is 1.98. The Morgan fingerprint density at radius 2 is 1.70 bits per heavy atom. The first-order valence-corrected chi connectivity index (χ1v) is 7.60. The van der Waals surface area contributed by atoms with Crippen molar-refractivity contribution in [3.05, 3.63) is 70.3 Å². The van der Waals surface area contributed by atoms with Crippen LogP contribution in [0.3, 0.4) is 0 Å². The van der Waals surface area contributed by atoms with Crippen LogP contribution in [0, 0.1) is 10.1 Å². The lowest BCUT2D eigenvalue weighted by Gasteiger charge is -2.07. The average molecular weight is 369 g/mol. The lowest BCUT2D eigenvalue weighted by molar-refractivity contribution is -0.384. The van der Waals surface area contributed by atoms with Gasteiger partial charge in [-0.2, -0.15) is 5.10 Å². The third-order valence-electron chi connectivity index (χ3n) is 3.35. The molecule has 0 fully saturated rings. The molecule has 2 amide bonds. The minimum Gasteiger partial charge on any atom is -0.410 e. The number of benzene rings is 2. The maximum Gasteiger partial charge on any atom is 0.279 e. The van der Waals surface area contributed by atoms with E-state index in [1.165, 1.54) is 31.2 Å². The maximum atomic E-state index is 12.1. The number of oxime groups is 1. The summed E-state index contributed by atoms with van der Waals surface area (Å²) >= 11 is 0. The number of hydrogen-bond donors (Lipinski definition) is 3. The van der Waals surface area contributed by atoms with Gasteiger partial charge in [-0.15, -0.1) is 0 Å². The first-order valence-electron chi connectivity index (χ1n) is 7.60. The Balaban J connectivity index is 2.04. The van der Waals surface area contributed by atoms with Crippen LogP contribution in [0.1, 0.15) is 17.3 Å². The van der Waals surface area contributed by atoms with Gasteiger partial charge < -0.3 is 10.5 Å². The molecule has 10 nitrogen and oxygen atoms in total. The number of para-hydroxylation sites is 1. The molecule has 0 atom stereocenters. The highest BCUT2D eigenvalue weighted by atomic mass is 16.6. The molecule has 0 aliphatic carbocycles. The van der Waals surface area contributed by atoms with E-state index in [4.69, 9.17) is 5.21 Å². The number of nitro benzene ring substituents is 1. The second-order valence-electron chi connectivity index (χ2n) is 5.21. The van der Waals surface area contributed by atoms with Gasteiger partial charge in [0.1, 0.15) is 0 Å². The number of hydrogen-bond acceptors (Lipinski definition) is 7. The predicted molar refractivity (Wildman–Crippen MR) is 98.0 cm³/mol. The van der Waals surface area contributed by atoms with Crippen molar-refractivity contribution >= 4 is 34.6 Å². The van der Waals surface area contributed by atoms with Gasteiger partial charge in [-0.05, 0) is 31.2 Å². The molecule has 0 heterocycles. The van der Waals surface area contributed by atoms with Gasteiger partial charge in [-0.25, -0.2) is 5.43 Å². The second kappa shape index (κ2) is 8.85. The Kier molecular flexibility index (Phi) is 6.31. The molecule has 2 rings (SSSR count). The zero-order valence-corrected chi connectivity index (χ0v) is 14.1. The largest absolute Gasteiger partial charge is 0.410 e. The Bertz CT molecular complexity index is 907. The van der Waals surface area contributed by atoms with Gasteiger partial charge in [0, 0.05) is 23.4 Å². The first-order chi connectivity index (χ1) is 12.9. The van der Waals surface area contributed by atoms with E-state index in [-0.39, 0.29) is 22.7 Å². The molecule has 0 aromatic heterocycles. The summed E-state index contributed by atoms with van der Waals surface area (Å²) in [4.78, 5) is 34.2. The molecule has 27 heavy (non-hydrogen) atoms. The van der Waals surface area contributed by atoms with Crippen molar-refractivity contribution in [3.63, 3.8) is 0 Å². The summed E-state index contributed by atoms with van der Waals surface area (Å²) in [5.74, 6) is -1.36. The van der Waals surface area contributed by atoms with Crippen LogP contribution >= 0.6 is 0 Å². The number of nitro groups is 1. The molecular weight excluding hydrogens is 354 g/mol. The van der Waals surface area contributed by atoms with Crippen molar-refractivity contribution < 1.29 is 19.7 Å². The van der Waals surface area contributed by atoms with Crippen LogP contribution in [0.5, 0.6) is 0 Å². The number of non-ortho nitro benzene ring substituents is 1. The molecule has 0 aliphatic rings. The average Bonchev–Trinajstić information content (AvgIpc) is 2.67. The van der Waals surface area contributed by atoms with Gasteiger partial charge in [0.2, 0.25) is 0 Å². The number of hydrazone groups is 1. The lowest BCUT2D eigenvalue weighted by atomic mass is 10.2. The monoisotopic (exact) mass is 369 g/mol. The highest BCUT2D eigenvalue weighted by Gasteiger charge is 2.17. The number of carbonyl (C=O) groups excluding carboxylic acids is 2. The second-order valence-corrected chi connectivity index (χ2v) is 5.21. The summed E-state index contributed by atoms with van der Waals surface area (Å²) < 4.78 is 0. The van der Waals surface area contributed by atoms with Crippen LogP contribution in [0.2, 0.25) is 0 Å². The van der Waals surface area contributed by atoms with Crippen molar-refractivity contribution in [2.75, 3.05) is 5.32 Å². The van der Waals surface area contributed by atoms with Crippen LogP contribution in [-0.2, 0) is 4.79 Å². The van der Waals surface area contributed by atoms with Gasteiger partial charge in [0.15, 0.2) is 5.71 Å². The van der Waals surface area contributed by atoms with Crippen LogP contribution in [0.25, 0.3) is 0 Å². The SMILES string of the molecule is CC(=NNC(=O)c1ccc([N+](=O)[O-])cc1)C(=NO)C(=O)Nc1ccccc1. The number of nitrogens with zero attached hydrogens (tertiary/aromatic N) is 3. The fraction of sp³-hybridized carbons (Fsp3) is 0.0588. The molecule has 0 spiro atoms. The van der Waals surface area contributed by atoms with Crippen molar-refractivity contribution in [2.24, 2.45) is 10.3 Å². The number of anilines is 1. The van der Waals surface area contributed by atoms with E-state index in [0.29, 0.717) is 5.69 Å². The molecule has 0 saturated heterocycles. The maximum absolute atomic E-state index is 12.1. The molecule has 138 valence electrons. The minimum atomic E-state index is -0.713. The molecular formula is C17H15N5O5. The molecule has 3 N–H and O–H groups in total. The summed E-state index contributed by atoms with van der Waals surface area (Å²) in [6.45, 7) is 1.37. The van der Waals surface area contributed by atoms with Crippen LogP contribution in [-0.4, -0.2) is 33.4 Å². The number of rotatable bonds is 6. The van der Waals surface area contributed by atoms with Gasteiger partial charge in [0.05, 0.1) is 10.6 Å². The van der Waals surface area contributed by atoms with Gasteiger partial charge in [0.25, 0.3) is 17.5 Å². The van der Waals surface area contributed by atoms with Gasteiger partial charge in [-0.3, -0.25) is 19.7 Å². The Morgan fingerprint density at radius 3 is 2.26 bits per heavy atom. The summed E-state index contributed by atoms with van der Waals surface area (Å²) in [5, 5.41) is 28.8. The predicted octanol–water partition coefficient (Wildman–Crippen LogP) is 2.17. The highest BCUT2D eigenvalue weighted by Crippen LogP contribution is 2.11. The van der Waals surface area contributed by atoms with Crippen molar-refractivity contribution in [1.29, 1.82) is 0 Å². The normalized spacial score (nSPS) is 11.6. The number of amides is 2. The van der Waals surface area contributed by atoms with Crippen LogP contribution in [0.15, 0.2) is 64.9 Å². The van der Waals surface area contributed by atoms with E-state index in [2.05, 4.69) is 21.0 Å². The lowest BCUT2D eigenvalue weighted by Crippen LogP contribution is -2.31. The number of nitrogens with one attached hydrogen (secondary N) is 2. The Morgan fingerprint density at radius 1 is 1.07 bits per heavy atom. The summed E-state index contributed by atoms with van der Waals surface area (Å²) in [6, 6.07) is 13.4. The molecule has 0 saturated carbocycles. The van der Waals surface area contributed by atoms with Crippen molar-refractivity contribution in [2.45, 2.75) is 6.92 Å². The molecule has 2 aromatic carbocycles. The van der Waals surface area contributed by atoms with Crippen molar-refractivity contribution in [1.82, 2.24) is 5.43 Å². The summed E-state index contributed by atoms with van der Waals surface area (Å²) in [7, 11) is 0. The standard InChI is InChI=1S/C17H15N5O5/c1-11(15(21-25)17(24)18-13-5-3-2-4-6-13)19-20-16(23)12-7-9-14(10-8-12)22(26)27/h2-10,25H,1H3,(H,18,24)(H,20,23). The van der Waals surface area contributed by atoms with E-state index < -0.39 is 16.7 Å². The first kappa shape index (κ1) is 19.2. The van der Waals surface area contributed by atoms with Gasteiger partial charge in [-0.1, -0.05) is 23.4 Å². The van der Waals surface area contributed by atoms with E-state index in [9.17, 15) is 19.7 Å². The third-order valence-corrected chi connectivity index (χ3v) is 3.35. The zero-order chi connectivity index (χ0) is 19.8. The Hall–Kier alpha value is -4.08. The van der Waals surface area contributed by atoms with E-state index in [1.54, 1.807) is 30.3 Å². The smallest absolute Gasteiger partial charge is 0.279 e. The molecule has 0 radical (unpaired) electrons. The fourth-order valence-electron chi connectivity index (χ4n) is 1.98. The highest BCUT2D eigenvalue weighted by molar-refractivity contribution is 6.68. The number of carbonyl (C=O) groups is 2. The van der Waals surface area contributed by atoms with Crippen LogP contribution < -0.4 is 10.7 Å². The quantitative estimate of drug-likeness (QED) is 0.309. The zero-order valence-electron chi connectivity index (χ0n) is 14.1. The molecule has 0 bridgehead atoms. The Labute approximate surface area is 153 Å². The third kappa shape index (κ3) is 5.19. The molecule has 10 heteroatoms. The van der Waals surface area contributed by atoms with Crippen molar-refractivity contribution in [3.8, 4) is 0 Å². The minimum absolute atomic E-state index is 0.0406. The van der Waals surface area contributed by atoms with E-state index >= 15 is 0 Å². The topological polar surface area (TPSA) is 146 Å². The van der Waals surface area contributed by atoms with E-state index in [0.717, 1.165) is 0 Å². The molecule has 2 aromatic rings. The molecule has 0 unspecified atom stereocenters. The van der Waals surface area contributed by atoms with E-state index in [1.807, 2.05) is 0 Å². The summed E-state index contributed by atoms with van der Waals surface area (Å²) in [6.07, 6.45) is 0.